The number of anilines is 1. The standard InChI is InChI=1S/C15H20N4O3S/c1-19-5-6-22-11(9-19)8-16-15-13-7-12(23(2,20)21)3-4-14(13)17-10-18-15/h3-4,7,10-11H,5-6,8-9H2,1-2H3,(H,16,17,18). The van der Waals surface area contributed by atoms with Crippen LogP contribution in [0.25, 0.3) is 10.9 Å². The van der Waals surface area contributed by atoms with Crippen molar-refractivity contribution in [3.8, 4) is 0 Å². The van der Waals surface area contributed by atoms with Gasteiger partial charge in [-0.15, -0.1) is 0 Å². The third kappa shape index (κ3) is 3.77. The number of benzene rings is 1. The fourth-order valence-corrected chi connectivity index (χ4v) is 3.26. The van der Waals surface area contributed by atoms with E-state index in [-0.39, 0.29) is 11.0 Å². The Morgan fingerprint density at radius 3 is 2.96 bits per heavy atom. The van der Waals surface area contributed by atoms with Crippen LogP contribution in [0.2, 0.25) is 0 Å². The molecule has 1 fully saturated rings. The third-order valence-corrected chi connectivity index (χ3v) is 4.98. The van der Waals surface area contributed by atoms with E-state index in [2.05, 4.69) is 27.2 Å². The molecule has 0 spiro atoms. The predicted octanol–water partition coefficient (Wildman–Crippen LogP) is 0.776. The zero-order valence-electron chi connectivity index (χ0n) is 13.2. The molecule has 1 aromatic heterocycles. The normalized spacial score (nSPS) is 19.8. The topological polar surface area (TPSA) is 84.4 Å². The SMILES string of the molecule is CN1CCOC(CNc2ncnc3ccc(S(C)(=O)=O)cc23)C1. The number of morpholine rings is 1. The van der Waals surface area contributed by atoms with Crippen LogP contribution >= 0.6 is 0 Å². The van der Waals surface area contributed by atoms with Crippen LogP contribution in [0.4, 0.5) is 5.82 Å². The molecule has 1 N–H and O–H groups in total. The summed E-state index contributed by atoms with van der Waals surface area (Å²) in [6.45, 7) is 3.11. The first kappa shape index (κ1) is 16.1. The quantitative estimate of drug-likeness (QED) is 0.883. The molecule has 0 bridgehead atoms. The highest BCUT2D eigenvalue weighted by molar-refractivity contribution is 7.90. The van der Waals surface area contributed by atoms with Gasteiger partial charge in [-0.3, -0.25) is 0 Å². The van der Waals surface area contributed by atoms with Crippen molar-refractivity contribution in [1.82, 2.24) is 14.9 Å². The second kappa shape index (κ2) is 6.38. The number of hydrogen-bond acceptors (Lipinski definition) is 7. The van der Waals surface area contributed by atoms with Crippen molar-refractivity contribution in [3.63, 3.8) is 0 Å². The fourth-order valence-electron chi connectivity index (χ4n) is 2.61. The molecule has 23 heavy (non-hydrogen) atoms. The van der Waals surface area contributed by atoms with Gasteiger partial charge in [0.1, 0.15) is 12.1 Å². The van der Waals surface area contributed by atoms with Crippen LogP contribution in [0.15, 0.2) is 29.4 Å². The second-order valence-electron chi connectivity index (χ2n) is 5.81. The van der Waals surface area contributed by atoms with E-state index < -0.39 is 9.84 Å². The number of likely N-dealkylation sites (N-methyl/N-ethyl adjacent to an activating group) is 1. The Labute approximate surface area is 135 Å². The van der Waals surface area contributed by atoms with Gasteiger partial charge in [-0.25, -0.2) is 18.4 Å². The van der Waals surface area contributed by atoms with Crippen LogP contribution < -0.4 is 5.32 Å². The number of rotatable bonds is 4. The van der Waals surface area contributed by atoms with E-state index in [1.807, 2.05) is 0 Å². The summed E-state index contributed by atoms with van der Waals surface area (Å²) in [7, 11) is -1.20. The van der Waals surface area contributed by atoms with Gasteiger partial charge in [0.25, 0.3) is 0 Å². The highest BCUT2D eigenvalue weighted by Crippen LogP contribution is 2.23. The molecule has 0 amide bonds. The van der Waals surface area contributed by atoms with Crippen LogP contribution in [-0.4, -0.2) is 68.9 Å². The van der Waals surface area contributed by atoms with Crippen molar-refractivity contribution in [2.24, 2.45) is 0 Å². The Bertz CT molecular complexity index is 809. The molecule has 1 aromatic carbocycles. The minimum Gasteiger partial charge on any atom is -0.374 e. The monoisotopic (exact) mass is 336 g/mol. The summed E-state index contributed by atoms with van der Waals surface area (Å²) in [6.07, 6.45) is 2.74. The highest BCUT2D eigenvalue weighted by atomic mass is 32.2. The molecular formula is C15H20N4O3S. The van der Waals surface area contributed by atoms with Crippen molar-refractivity contribution < 1.29 is 13.2 Å². The molecule has 8 heteroatoms. The maximum Gasteiger partial charge on any atom is 0.175 e. The first-order chi connectivity index (χ1) is 10.9. The van der Waals surface area contributed by atoms with Crippen molar-refractivity contribution in [2.75, 3.05) is 44.9 Å². The molecule has 1 aliphatic heterocycles. The molecule has 2 aromatic rings. The number of aromatic nitrogens is 2. The first-order valence-electron chi connectivity index (χ1n) is 7.42. The summed E-state index contributed by atoms with van der Waals surface area (Å²) in [4.78, 5) is 10.9. The van der Waals surface area contributed by atoms with Crippen LogP contribution in [0.3, 0.4) is 0 Å². The minimum atomic E-state index is -3.27. The first-order valence-corrected chi connectivity index (χ1v) is 9.31. The molecule has 7 nitrogen and oxygen atoms in total. The Morgan fingerprint density at radius 1 is 1.39 bits per heavy atom. The minimum absolute atomic E-state index is 0.0804. The summed E-state index contributed by atoms with van der Waals surface area (Å²) in [5.74, 6) is 0.623. The van der Waals surface area contributed by atoms with Gasteiger partial charge in [-0.05, 0) is 25.2 Å². The van der Waals surface area contributed by atoms with E-state index in [0.29, 0.717) is 29.9 Å². The lowest BCUT2D eigenvalue weighted by molar-refractivity contribution is -0.0117. The van der Waals surface area contributed by atoms with Gasteiger partial charge in [0.05, 0.1) is 23.1 Å². The molecule has 0 radical (unpaired) electrons. The van der Waals surface area contributed by atoms with E-state index in [9.17, 15) is 8.42 Å². The zero-order chi connectivity index (χ0) is 16.4. The largest absolute Gasteiger partial charge is 0.374 e. The Morgan fingerprint density at radius 2 is 2.22 bits per heavy atom. The molecule has 1 aliphatic rings. The van der Waals surface area contributed by atoms with Crippen LogP contribution in [-0.2, 0) is 14.6 Å². The molecule has 2 heterocycles. The number of fused-ring (bicyclic) bond motifs is 1. The predicted molar refractivity (Wildman–Crippen MR) is 88.4 cm³/mol. The Hall–Kier alpha value is -1.77. The number of sulfone groups is 1. The van der Waals surface area contributed by atoms with E-state index in [1.165, 1.54) is 12.6 Å². The molecule has 3 rings (SSSR count). The third-order valence-electron chi connectivity index (χ3n) is 3.87. The van der Waals surface area contributed by atoms with Crippen molar-refractivity contribution in [1.29, 1.82) is 0 Å². The number of ether oxygens (including phenoxy) is 1. The van der Waals surface area contributed by atoms with Crippen molar-refractivity contribution >= 4 is 26.6 Å². The van der Waals surface area contributed by atoms with Crippen molar-refractivity contribution in [3.05, 3.63) is 24.5 Å². The van der Waals surface area contributed by atoms with Gasteiger partial charge in [0.15, 0.2) is 9.84 Å². The van der Waals surface area contributed by atoms with Gasteiger partial charge < -0.3 is 15.0 Å². The summed E-state index contributed by atoms with van der Waals surface area (Å²) in [5, 5.41) is 3.95. The van der Waals surface area contributed by atoms with E-state index >= 15 is 0 Å². The van der Waals surface area contributed by atoms with E-state index in [4.69, 9.17) is 4.74 Å². The molecular weight excluding hydrogens is 316 g/mol. The lowest BCUT2D eigenvalue weighted by atomic mass is 10.2. The lowest BCUT2D eigenvalue weighted by Crippen LogP contribution is -2.43. The highest BCUT2D eigenvalue weighted by Gasteiger charge is 2.18. The molecule has 124 valence electrons. The Kier molecular flexibility index (Phi) is 4.47. The van der Waals surface area contributed by atoms with E-state index in [0.717, 1.165) is 13.1 Å². The number of nitrogens with one attached hydrogen (secondary N) is 1. The number of hydrogen-bond donors (Lipinski definition) is 1. The summed E-state index contributed by atoms with van der Waals surface area (Å²) >= 11 is 0. The molecule has 0 aliphatic carbocycles. The van der Waals surface area contributed by atoms with Gasteiger partial charge in [-0.1, -0.05) is 0 Å². The van der Waals surface area contributed by atoms with Gasteiger partial charge in [0, 0.05) is 31.3 Å². The lowest BCUT2D eigenvalue weighted by Gasteiger charge is -2.30. The zero-order valence-corrected chi connectivity index (χ0v) is 14.0. The van der Waals surface area contributed by atoms with Crippen molar-refractivity contribution in [2.45, 2.75) is 11.0 Å². The Balaban J connectivity index is 1.85. The molecule has 1 atom stereocenters. The van der Waals surface area contributed by atoms with Gasteiger partial charge >= 0.3 is 0 Å². The molecule has 1 saturated heterocycles. The average Bonchev–Trinajstić information content (AvgIpc) is 2.51. The molecule has 0 saturated carbocycles. The van der Waals surface area contributed by atoms with Gasteiger partial charge in [-0.2, -0.15) is 0 Å². The fraction of sp³-hybridized carbons (Fsp3) is 0.467. The molecule has 1 unspecified atom stereocenters. The smallest absolute Gasteiger partial charge is 0.175 e. The summed E-state index contributed by atoms with van der Waals surface area (Å²) in [6, 6.07) is 4.87. The summed E-state index contributed by atoms with van der Waals surface area (Å²) in [5.41, 5.74) is 0.705. The maximum absolute atomic E-state index is 11.7. The van der Waals surface area contributed by atoms with Crippen LogP contribution in [0.1, 0.15) is 0 Å². The van der Waals surface area contributed by atoms with Crippen LogP contribution in [0.5, 0.6) is 0 Å². The second-order valence-corrected chi connectivity index (χ2v) is 7.83. The summed E-state index contributed by atoms with van der Waals surface area (Å²) < 4.78 is 29.2. The van der Waals surface area contributed by atoms with Crippen LogP contribution in [0, 0.1) is 0 Å². The van der Waals surface area contributed by atoms with Gasteiger partial charge in [0.2, 0.25) is 0 Å². The number of nitrogens with zero attached hydrogens (tertiary/aromatic N) is 3. The maximum atomic E-state index is 11.7. The average molecular weight is 336 g/mol. The van der Waals surface area contributed by atoms with E-state index in [1.54, 1.807) is 18.2 Å².